The molecule has 0 saturated carbocycles. The molecule has 2 aliphatic rings. The third-order valence-electron chi connectivity index (χ3n) is 7.28. The van der Waals surface area contributed by atoms with Crippen molar-refractivity contribution in [2.75, 3.05) is 18.4 Å². The van der Waals surface area contributed by atoms with E-state index in [1.165, 1.54) is 18.9 Å². The lowest BCUT2D eigenvalue weighted by Crippen LogP contribution is -2.48. The number of aromatic nitrogens is 2. The highest BCUT2D eigenvalue weighted by atomic mass is 19.1. The first-order valence-corrected chi connectivity index (χ1v) is 13.4. The van der Waals surface area contributed by atoms with E-state index < -0.39 is 17.7 Å². The molecule has 4 rings (SSSR count). The number of amides is 1. The summed E-state index contributed by atoms with van der Waals surface area (Å²) in [7, 11) is 0. The van der Waals surface area contributed by atoms with E-state index in [2.05, 4.69) is 45.9 Å². The van der Waals surface area contributed by atoms with Crippen LogP contribution in [-0.4, -0.2) is 51.6 Å². The molecule has 0 bridgehead atoms. The van der Waals surface area contributed by atoms with E-state index in [4.69, 9.17) is 0 Å². The van der Waals surface area contributed by atoms with E-state index in [1.807, 2.05) is 13.1 Å². The summed E-state index contributed by atoms with van der Waals surface area (Å²) in [5.41, 5.74) is 1.55. The number of benzene rings is 1. The van der Waals surface area contributed by atoms with Gasteiger partial charge in [-0.25, -0.2) is 13.8 Å². The summed E-state index contributed by atoms with van der Waals surface area (Å²) in [6, 6.07) is 2.43. The second-order valence-corrected chi connectivity index (χ2v) is 11.7. The number of hydrogen-bond donors (Lipinski definition) is 2. The molecule has 6 nitrogen and oxygen atoms in total. The standard InChI is InChI=1S/C28H41F2N5O/c1-5-7-25(32-21-10-9-19-12-20(29)13-24(30)23(19)14-21)27(36)33-26-16-34(18-31-26)15-22-8-6-11-35(22)17-28(2,3)4/h12-13,16,18,21-22,25,32H,5-11,14-15,17H2,1-4H3,(H,33,36)/t21-,22?,25-/m0/s1. The molecule has 3 atom stereocenters. The van der Waals surface area contributed by atoms with E-state index in [0.29, 0.717) is 36.7 Å². The van der Waals surface area contributed by atoms with E-state index >= 15 is 0 Å². The molecule has 36 heavy (non-hydrogen) atoms. The van der Waals surface area contributed by atoms with Gasteiger partial charge in [0.2, 0.25) is 5.91 Å². The first-order chi connectivity index (χ1) is 17.1. The first kappa shape index (κ1) is 26.7. The predicted molar refractivity (Wildman–Crippen MR) is 139 cm³/mol. The summed E-state index contributed by atoms with van der Waals surface area (Å²) in [6.07, 6.45) is 9.41. The van der Waals surface area contributed by atoms with Gasteiger partial charge >= 0.3 is 0 Å². The number of nitrogens with one attached hydrogen (secondary N) is 2. The van der Waals surface area contributed by atoms with Crippen LogP contribution in [0.3, 0.4) is 0 Å². The molecule has 1 aliphatic carbocycles. The van der Waals surface area contributed by atoms with Crippen molar-refractivity contribution in [3.8, 4) is 0 Å². The Bertz CT molecular complexity index is 1050. The van der Waals surface area contributed by atoms with Crippen molar-refractivity contribution in [2.45, 2.75) is 97.3 Å². The molecule has 1 saturated heterocycles. The van der Waals surface area contributed by atoms with Crippen LogP contribution in [0.2, 0.25) is 0 Å². The Kier molecular flexibility index (Phi) is 8.45. The van der Waals surface area contributed by atoms with Crippen LogP contribution in [0, 0.1) is 17.0 Å². The monoisotopic (exact) mass is 501 g/mol. The Hall–Kier alpha value is -2.32. The minimum absolute atomic E-state index is 0.0338. The van der Waals surface area contributed by atoms with Gasteiger partial charge < -0.3 is 15.2 Å². The summed E-state index contributed by atoms with van der Waals surface area (Å²) >= 11 is 0. The average Bonchev–Trinajstić information content (AvgIpc) is 3.42. The summed E-state index contributed by atoms with van der Waals surface area (Å²) < 4.78 is 30.0. The number of carbonyl (C=O) groups excluding carboxylic acids is 1. The summed E-state index contributed by atoms with van der Waals surface area (Å²) in [5.74, 6) is -0.599. The molecule has 1 fully saturated rings. The summed E-state index contributed by atoms with van der Waals surface area (Å²) in [6.45, 7) is 11.9. The molecule has 1 aliphatic heterocycles. The number of nitrogens with zero attached hydrogens (tertiary/aromatic N) is 3. The van der Waals surface area contributed by atoms with E-state index in [-0.39, 0.29) is 17.4 Å². The van der Waals surface area contributed by atoms with E-state index in [1.54, 1.807) is 6.33 Å². The second kappa shape index (κ2) is 11.4. The van der Waals surface area contributed by atoms with Gasteiger partial charge in [0.1, 0.15) is 11.6 Å². The fraction of sp³-hybridized carbons (Fsp3) is 0.643. The minimum atomic E-state index is -0.532. The maximum Gasteiger partial charge on any atom is 0.242 e. The number of likely N-dealkylation sites (tertiary alicyclic amines) is 1. The topological polar surface area (TPSA) is 62.2 Å². The van der Waals surface area contributed by atoms with Crippen molar-refractivity contribution in [3.05, 3.63) is 47.4 Å². The van der Waals surface area contributed by atoms with Gasteiger partial charge in [-0.1, -0.05) is 34.1 Å². The Labute approximate surface area is 213 Å². The summed E-state index contributed by atoms with van der Waals surface area (Å²) in [4.78, 5) is 20.1. The van der Waals surface area contributed by atoms with E-state index in [0.717, 1.165) is 44.1 Å². The van der Waals surface area contributed by atoms with Crippen LogP contribution in [0.15, 0.2) is 24.7 Å². The lowest BCUT2D eigenvalue weighted by Gasteiger charge is -2.31. The molecule has 198 valence electrons. The molecule has 0 spiro atoms. The quantitative estimate of drug-likeness (QED) is 0.512. The maximum atomic E-state index is 14.3. The molecular formula is C28H41F2N5O. The van der Waals surface area contributed by atoms with Crippen LogP contribution in [0.5, 0.6) is 0 Å². The van der Waals surface area contributed by atoms with Crippen LogP contribution < -0.4 is 10.6 Å². The van der Waals surface area contributed by atoms with Crippen molar-refractivity contribution >= 4 is 11.7 Å². The fourth-order valence-corrected chi connectivity index (χ4v) is 5.69. The number of halogens is 2. The van der Waals surface area contributed by atoms with Crippen LogP contribution in [0.4, 0.5) is 14.6 Å². The molecule has 1 amide bonds. The van der Waals surface area contributed by atoms with Crippen molar-refractivity contribution in [1.29, 1.82) is 0 Å². The molecule has 2 heterocycles. The predicted octanol–water partition coefficient (Wildman–Crippen LogP) is 4.93. The number of imidazole rings is 1. The lowest BCUT2D eigenvalue weighted by molar-refractivity contribution is -0.118. The van der Waals surface area contributed by atoms with Gasteiger partial charge in [-0.2, -0.15) is 0 Å². The van der Waals surface area contributed by atoms with Crippen molar-refractivity contribution in [1.82, 2.24) is 19.8 Å². The zero-order chi connectivity index (χ0) is 25.9. The molecule has 2 N–H and O–H groups in total. The Morgan fingerprint density at radius 3 is 2.81 bits per heavy atom. The van der Waals surface area contributed by atoms with Gasteiger partial charge in [-0.3, -0.25) is 9.69 Å². The Balaban J connectivity index is 1.34. The fourth-order valence-electron chi connectivity index (χ4n) is 5.69. The van der Waals surface area contributed by atoms with Crippen LogP contribution in [-0.2, 0) is 24.2 Å². The summed E-state index contributed by atoms with van der Waals surface area (Å²) in [5, 5.41) is 6.42. The number of fused-ring (bicyclic) bond motifs is 1. The van der Waals surface area contributed by atoms with Gasteiger partial charge in [0.05, 0.1) is 12.4 Å². The van der Waals surface area contributed by atoms with Gasteiger partial charge in [0.25, 0.3) is 0 Å². The molecule has 1 aromatic heterocycles. The highest BCUT2D eigenvalue weighted by molar-refractivity contribution is 5.94. The number of hydrogen-bond acceptors (Lipinski definition) is 4. The highest BCUT2D eigenvalue weighted by Crippen LogP contribution is 2.27. The van der Waals surface area contributed by atoms with Gasteiger partial charge in [0, 0.05) is 37.4 Å². The lowest BCUT2D eigenvalue weighted by atomic mass is 9.87. The van der Waals surface area contributed by atoms with Crippen LogP contribution in [0.25, 0.3) is 0 Å². The highest BCUT2D eigenvalue weighted by Gasteiger charge is 2.29. The average molecular weight is 502 g/mol. The van der Waals surface area contributed by atoms with Crippen molar-refractivity contribution in [3.63, 3.8) is 0 Å². The first-order valence-electron chi connectivity index (χ1n) is 13.4. The number of aryl methyl sites for hydroxylation is 1. The SMILES string of the molecule is CCC[C@H](N[C@H]1CCc2cc(F)cc(F)c2C1)C(=O)Nc1cn(CC2CCCN2CC(C)(C)C)cn1. The van der Waals surface area contributed by atoms with E-state index in [9.17, 15) is 13.6 Å². The van der Waals surface area contributed by atoms with Crippen LogP contribution >= 0.6 is 0 Å². The third kappa shape index (κ3) is 6.91. The Morgan fingerprint density at radius 1 is 1.25 bits per heavy atom. The number of rotatable bonds is 9. The van der Waals surface area contributed by atoms with Gasteiger partial charge in [0.15, 0.2) is 5.82 Å². The molecule has 2 aromatic rings. The molecule has 8 heteroatoms. The van der Waals surface area contributed by atoms with Crippen molar-refractivity contribution in [2.24, 2.45) is 5.41 Å². The Morgan fingerprint density at radius 2 is 2.06 bits per heavy atom. The van der Waals surface area contributed by atoms with Crippen molar-refractivity contribution < 1.29 is 13.6 Å². The normalized spacial score (nSPS) is 21.4. The largest absolute Gasteiger partial charge is 0.334 e. The minimum Gasteiger partial charge on any atom is -0.334 e. The number of carbonyl (C=O) groups is 1. The molecule has 0 radical (unpaired) electrons. The maximum absolute atomic E-state index is 14.3. The molecule has 1 unspecified atom stereocenters. The number of anilines is 1. The smallest absolute Gasteiger partial charge is 0.242 e. The second-order valence-electron chi connectivity index (χ2n) is 11.7. The van der Waals surface area contributed by atoms with Gasteiger partial charge in [-0.05, 0) is 67.7 Å². The van der Waals surface area contributed by atoms with Crippen LogP contribution in [0.1, 0.15) is 70.9 Å². The third-order valence-corrected chi connectivity index (χ3v) is 7.28. The zero-order valence-corrected chi connectivity index (χ0v) is 22.1. The van der Waals surface area contributed by atoms with Gasteiger partial charge in [-0.15, -0.1) is 0 Å². The molecular weight excluding hydrogens is 460 g/mol. The molecule has 1 aromatic carbocycles. The zero-order valence-electron chi connectivity index (χ0n) is 22.1.